The first-order chi connectivity index (χ1) is 5.90. The summed E-state index contributed by atoms with van der Waals surface area (Å²) in [6.07, 6.45) is 2.85. The molecule has 2 aromatic rings. The van der Waals surface area contributed by atoms with Crippen LogP contribution in [0.3, 0.4) is 0 Å². The summed E-state index contributed by atoms with van der Waals surface area (Å²) < 4.78 is 0. The van der Waals surface area contributed by atoms with E-state index in [0.29, 0.717) is 0 Å². The molecule has 12 heavy (non-hydrogen) atoms. The van der Waals surface area contributed by atoms with Crippen LogP contribution in [-0.2, 0) is 6.42 Å². The molecule has 0 bridgehead atoms. The van der Waals surface area contributed by atoms with E-state index in [4.69, 9.17) is 0 Å². The van der Waals surface area contributed by atoms with Gasteiger partial charge in [0.05, 0.1) is 11.9 Å². The van der Waals surface area contributed by atoms with E-state index < -0.39 is 0 Å². The molecule has 0 spiro atoms. The van der Waals surface area contributed by atoms with E-state index in [2.05, 4.69) is 33.7 Å². The molecule has 2 rings (SSSR count). The van der Waals surface area contributed by atoms with E-state index >= 15 is 0 Å². The quantitative estimate of drug-likeness (QED) is 0.752. The van der Waals surface area contributed by atoms with Crippen molar-refractivity contribution in [1.82, 2.24) is 9.97 Å². The van der Waals surface area contributed by atoms with Crippen molar-refractivity contribution in [2.24, 2.45) is 0 Å². The molecular formula is C9H10N2S. The highest BCUT2D eigenvalue weighted by atomic mass is 32.1. The number of nitrogens with zero attached hydrogens (tertiary/aromatic N) is 1. The number of hydrogen-bond donors (Lipinski definition) is 1. The summed E-state index contributed by atoms with van der Waals surface area (Å²) in [7, 11) is 0. The number of aromatic nitrogens is 2. The van der Waals surface area contributed by atoms with Gasteiger partial charge in [0.15, 0.2) is 0 Å². The van der Waals surface area contributed by atoms with Gasteiger partial charge in [0.25, 0.3) is 0 Å². The van der Waals surface area contributed by atoms with Gasteiger partial charge in [-0.25, -0.2) is 4.98 Å². The molecule has 2 nitrogen and oxygen atoms in total. The Kier molecular flexibility index (Phi) is 1.96. The number of thiophene rings is 1. The standard InChI is InChI=1S/C9H10N2S/c1-2-9-10-5-8(11-9)7-3-4-12-6-7/h3-6H,2H2,1H3,(H,10,11). The van der Waals surface area contributed by atoms with Gasteiger partial charge in [-0.15, -0.1) is 0 Å². The molecular weight excluding hydrogens is 168 g/mol. The Balaban J connectivity index is 2.35. The van der Waals surface area contributed by atoms with Crippen LogP contribution in [0.5, 0.6) is 0 Å². The minimum Gasteiger partial charge on any atom is -0.342 e. The van der Waals surface area contributed by atoms with E-state index in [0.717, 1.165) is 17.9 Å². The van der Waals surface area contributed by atoms with Crippen LogP contribution >= 0.6 is 11.3 Å². The predicted molar refractivity (Wildman–Crippen MR) is 51.3 cm³/mol. The summed E-state index contributed by atoms with van der Waals surface area (Å²) in [5.74, 6) is 1.05. The van der Waals surface area contributed by atoms with Gasteiger partial charge in [-0.2, -0.15) is 11.3 Å². The number of nitrogens with one attached hydrogen (secondary N) is 1. The van der Waals surface area contributed by atoms with Gasteiger partial charge >= 0.3 is 0 Å². The van der Waals surface area contributed by atoms with E-state index in [9.17, 15) is 0 Å². The van der Waals surface area contributed by atoms with Gasteiger partial charge in [-0.05, 0) is 11.4 Å². The summed E-state index contributed by atoms with van der Waals surface area (Å²) in [5.41, 5.74) is 2.35. The van der Waals surface area contributed by atoms with Crippen LogP contribution in [0.4, 0.5) is 0 Å². The van der Waals surface area contributed by atoms with E-state index in [1.54, 1.807) is 11.3 Å². The molecule has 0 radical (unpaired) electrons. The van der Waals surface area contributed by atoms with E-state index in [1.807, 2.05) is 6.20 Å². The molecule has 3 heteroatoms. The molecule has 0 fully saturated rings. The highest BCUT2D eigenvalue weighted by molar-refractivity contribution is 7.08. The molecule has 0 aromatic carbocycles. The van der Waals surface area contributed by atoms with E-state index in [1.165, 1.54) is 5.56 Å². The van der Waals surface area contributed by atoms with Crippen molar-refractivity contribution < 1.29 is 0 Å². The van der Waals surface area contributed by atoms with Gasteiger partial charge in [0, 0.05) is 17.4 Å². The number of aromatic amines is 1. The maximum atomic E-state index is 4.24. The topological polar surface area (TPSA) is 28.7 Å². The fourth-order valence-corrected chi connectivity index (χ4v) is 1.76. The molecule has 1 N–H and O–H groups in total. The summed E-state index contributed by atoms with van der Waals surface area (Å²) in [6, 6.07) is 2.09. The van der Waals surface area contributed by atoms with Gasteiger partial charge in [-0.3, -0.25) is 0 Å². The molecule has 0 aliphatic rings. The minimum atomic E-state index is 0.962. The summed E-state index contributed by atoms with van der Waals surface area (Å²) in [5, 5.41) is 4.19. The van der Waals surface area contributed by atoms with Gasteiger partial charge in [-0.1, -0.05) is 6.92 Å². The van der Waals surface area contributed by atoms with Gasteiger partial charge in [0.2, 0.25) is 0 Å². The number of imidazole rings is 1. The second-order valence-electron chi connectivity index (χ2n) is 2.61. The highest BCUT2D eigenvalue weighted by Crippen LogP contribution is 2.19. The minimum absolute atomic E-state index is 0.962. The van der Waals surface area contributed by atoms with Gasteiger partial charge in [0.1, 0.15) is 5.82 Å². The van der Waals surface area contributed by atoms with Crippen molar-refractivity contribution >= 4 is 11.3 Å². The fourth-order valence-electron chi connectivity index (χ4n) is 1.11. The molecule has 0 saturated carbocycles. The molecule has 0 aliphatic heterocycles. The zero-order valence-electron chi connectivity index (χ0n) is 6.87. The second kappa shape index (κ2) is 3.11. The van der Waals surface area contributed by atoms with Crippen LogP contribution in [0.1, 0.15) is 12.7 Å². The second-order valence-corrected chi connectivity index (χ2v) is 3.39. The third-order valence-electron chi connectivity index (χ3n) is 1.80. The molecule has 62 valence electrons. The third-order valence-corrected chi connectivity index (χ3v) is 2.48. The Bertz CT molecular complexity index is 348. The number of aryl methyl sites for hydroxylation is 1. The van der Waals surface area contributed by atoms with Crippen LogP contribution in [0.25, 0.3) is 11.3 Å². The number of hydrogen-bond acceptors (Lipinski definition) is 2. The van der Waals surface area contributed by atoms with Crippen molar-refractivity contribution in [3.05, 3.63) is 28.8 Å². The lowest BCUT2D eigenvalue weighted by Gasteiger charge is -1.89. The Morgan fingerprint density at radius 3 is 3.08 bits per heavy atom. The SMILES string of the molecule is CCc1ncc(-c2ccsc2)[nH]1. The highest BCUT2D eigenvalue weighted by Gasteiger charge is 2.00. The van der Waals surface area contributed by atoms with Crippen LogP contribution in [0.15, 0.2) is 23.0 Å². The van der Waals surface area contributed by atoms with Crippen molar-refractivity contribution in [3.63, 3.8) is 0 Å². The first kappa shape index (κ1) is 7.55. The largest absolute Gasteiger partial charge is 0.342 e. The lowest BCUT2D eigenvalue weighted by Crippen LogP contribution is -1.80. The molecule has 0 amide bonds. The predicted octanol–water partition coefficient (Wildman–Crippen LogP) is 2.70. The lowest BCUT2D eigenvalue weighted by atomic mass is 10.3. The number of H-pyrrole nitrogens is 1. The third kappa shape index (κ3) is 1.28. The van der Waals surface area contributed by atoms with Crippen LogP contribution in [0.2, 0.25) is 0 Å². The smallest absolute Gasteiger partial charge is 0.106 e. The maximum Gasteiger partial charge on any atom is 0.106 e. The molecule has 0 saturated heterocycles. The molecule has 2 aromatic heterocycles. The Labute approximate surface area is 75.3 Å². The van der Waals surface area contributed by atoms with Crippen LogP contribution < -0.4 is 0 Å². The first-order valence-corrected chi connectivity index (χ1v) is 4.91. The van der Waals surface area contributed by atoms with Crippen LogP contribution in [0, 0.1) is 0 Å². The molecule has 0 atom stereocenters. The Morgan fingerprint density at radius 2 is 2.50 bits per heavy atom. The molecule has 2 heterocycles. The number of rotatable bonds is 2. The monoisotopic (exact) mass is 178 g/mol. The van der Waals surface area contributed by atoms with Crippen LogP contribution in [-0.4, -0.2) is 9.97 Å². The Hall–Kier alpha value is -1.09. The van der Waals surface area contributed by atoms with Crippen molar-refractivity contribution in [2.75, 3.05) is 0 Å². The van der Waals surface area contributed by atoms with Crippen molar-refractivity contribution in [3.8, 4) is 11.3 Å². The van der Waals surface area contributed by atoms with Crippen molar-refractivity contribution in [2.45, 2.75) is 13.3 Å². The molecule has 0 aliphatic carbocycles. The summed E-state index contributed by atoms with van der Waals surface area (Å²) >= 11 is 1.70. The average molecular weight is 178 g/mol. The summed E-state index contributed by atoms with van der Waals surface area (Å²) in [4.78, 5) is 7.50. The zero-order chi connectivity index (χ0) is 8.39. The maximum absolute atomic E-state index is 4.24. The first-order valence-electron chi connectivity index (χ1n) is 3.96. The normalized spacial score (nSPS) is 10.4. The summed E-state index contributed by atoms with van der Waals surface area (Å²) in [6.45, 7) is 2.09. The Morgan fingerprint density at radius 1 is 1.58 bits per heavy atom. The zero-order valence-corrected chi connectivity index (χ0v) is 7.69. The fraction of sp³-hybridized carbons (Fsp3) is 0.222. The van der Waals surface area contributed by atoms with E-state index in [-0.39, 0.29) is 0 Å². The van der Waals surface area contributed by atoms with Crippen molar-refractivity contribution in [1.29, 1.82) is 0 Å². The average Bonchev–Trinajstić information content (AvgIpc) is 2.75. The molecule has 0 unspecified atom stereocenters. The van der Waals surface area contributed by atoms with Gasteiger partial charge < -0.3 is 4.98 Å². The lowest BCUT2D eigenvalue weighted by molar-refractivity contribution is 0.991.